The molecule has 31 heavy (non-hydrogen) atoms. The van der Waals surface area contributed by atoms with Crippen LogP contribution in [-0.2, 0) is 20.7 Å². The molecule has 0 unspecified atom stereocenters. The number of Topliss-reactive ketones (excluding diaryl/α,β-unsaturated/α-hetero) is 1. The number of carbonyl (C=O) groups excluding carboxylic acids is 4. The average molecular weight is 422 g/mol. The van der Waals surface area contributed by atoms with Crippen molar-refractivity contribution in [2.75, 3.05) is 18.6 Å². The van der Waals surface area contributed by atoms with Gasteiger partial charge in [0.05, 0.1) is 6.42 Å². The van der Waals surface area contributed by atoms with E-state index < -0.39 is 18.6 Å². The van der Waals surface area contributed by atoms with Gasteiger partial charge in [-0.2, -0.15) is 0 Å². The lowest BCUT2D eigenvalue weighted by molar-refractivity contribution is -0.146. The molecule has 1 atom stereocenters. The lowest BCUT2D eigenvalue weighted by Crippen LogP contribution is -2.45. The molecule has 7 nitrogen and oxygen atoms in total. The van der Waals surface area contributed by atoms with Gasteiger partial charge in [-0.05, 0) is 48.2 Å². The first kappa shape index (κ1) is 22.2. The number of aryl methyl sites for hydroxylation is 1. The number of benzene rings is 2. The fourth-order valence-electron chi connectivity index (χ4n) is 3.50. The van der Waals surface area contributed by atoms with Crippen LogP contribution >= 0.6 is 0 Å². The first-order valence-electron chi connectivity index (χ1n) is 10.1. The Kier molecular flexibility index (Phi) is 6.53. The number of nitrogens with zero attached hydrogens (tertiary/aromatic N) is 1. The van der Waals surface area contributed by atoms with Crippen molar-refractivity contribution < 1.29 is 23.9 Å². The molecule has 0 saturated heterocycles. The Labute approximate surface area is 181 Å². The number of anilines is 1. The zero-order chi connectivity index (χ0) is 22.7. The van der Waals surface area contributed by atoms with E-state index >= 15 is 0 Å². The van der Waals surface area contributed by atoms with E-state index in [4.69, 9.17) is 4.74 Å². The lowest BCUT2D eigenvalue weighted by atomic mass is 10.0. The van der Waals surface area contributed by atoms with E-state index in [1.807, 2.05) is 19.1 Å². The summed E-state index contributed by atoms with van der Waals surface area (Å²) in [5, 5.41) is 2.71. The van der Waals surface area contributed by atoms with Crippen LogP contribution in [0.4, 0.5) is 5.69 Å². The van der Waals surface area contributed by atoms with E-state index in [0.29, 0.717) is 11.1 Å². The van der Waals surface area contributed by atoms with Crippen LogP contribution < -0.4 is 10.2 Å². The third kappa shape index (κ3) is 4.82. The first-order chi connectivity index (χ1) is 14.7. The smallest absolute Gasteiger partial charge is 0.329 e. The Morgan fingerprint density at radius 2 is 1.84 bits per heavy atom. The maximum absolute atomic E-state index is 12.6. The zero-order valence-corrected chi connectivity index (χ0v) is 18.1. The molecule has 0 bridgehead atoms. The van der Waals surface area contributed by atoms with E-state index in [0.717, 1.165) is 16.8 Å². The largest absolute Gasteiger partial charge is 0.456 e. The summed E-state index contributed by atoms with van der Waals surface area (Å²) in [5.41, 5.74) is 3.20. The van der Waals surface area contributed by atoms with Crippen molar-refractivity contribution in [1.29, 1.82) is 0 Å². The summed E-state index contributed by atoms with van der Waals surface area (Å²) in [7, 11) is 1.69. The van der Waals surface area contributed by atoms with Crippen molar-refractivity contribution in [3.8, 4) is 0 Å². The molecule has 1 N–H and O–H groups in total. The summed E-state index contributed by atoms with van der Waals surface area (Å²) in [5.74, 6) is -1.66. The minimum absolute atomic E-state index is 0.0322. The van der Waals surface area contributed by atoms with Crippen molar-refractivity contribution in [2.24, 2.45) is 5.92 Å². The minimum Gasteiger partial charge on any atom is -0.456 e. The van der Waals surface area contributed by atoms with Crippen molar-refractivity contribution in [1.82, 2.24) is 5.32 Å². The maximum Gasteiger partial charge on any atom is 0.329 e. The van der Waals surface area contributed by atoms with Gasteiger partial charge in [0, 0.05) is 23.9 Å². The molecule has 2 amide bonds. The van der Waals surface area contributed by atoms with Gasteiger partial charge in [-0.25, -0.2) is 4.79 Å². The van der Waals surface area contributed by atoms with Gasteiger partial charge in [0.2, 0.25) is 5.91 Å². The molecular formula is C24H26N2O5. The summed E-state index contributed by atoms with van der Waals surface area (Å²) in [4.78, 5) is 51.1. The minimum atomic E-state index is -0.883. The molecule has 1 aliphatic heterocycles. The van der Waals surface area contributed by atoms with Gasteiger partial charge in [-0.15, -0.1) is 0 Å². The number of fused-ring (bicyclic) bond motifs is 1. The molecule has 0 aromatic heterocycles. The number of hydrogen-bond acceptors (Lipinski definition) is 5. The molecule has 7 heteroatoms. The molecule has 0 saturated carbocycles. The maximum atomic E-state index is 12.6. The Balaban J connectivity index is 1.63. The van der Waals surface area contributed by atoms with E-state index in [2.05, 4.69) is 5.32 Å². The monoisotopic (exact) mass is 422 g/mol. The van der Waals surface area contributed by atoms with E-state index in [1.54, 1.807) is 56.1 Å². The molecule has 2 aromatic carbocycles. The lowest BCUT2D eigenvalue weighted by Gasteiger charge is -2.21. The van der Waals surface area contributed by atoms with Crippen LogP contribution in [0.5, 0.6) is 0 Å². The number of rotatable bonds is 7. The molecule has 0 radical (unpaired) electrons. The number of carbonyl (C=O) groups is 4. The Morgan fingerprint density at radius 3 is 2.52 bits per heavy atom. The van der Waals surface area contributed by atoms with Crippen LogP contribution in [0.2, 0.25) is 0 Å². The normalized spacial score (nSPS) is 13.7. The fraction of sp³-hybridized carbons (Fsp3) is 0.333. The molecule has 2 aromatic rings. The second kappa shape index (κ2) is 9.12. The third-order valence-corrected chi connectivity index (χ3v) is 5.42. The van der Waals surface area contributed by atoms with Gasteiger partial charge in [0.25, 0.3) is 5.91 Å². The Hall–Kier alpha value is -3.48. The summed E-state index contributed by atoms with van der Waals surface area (Å²) >= 11 is 0. The van der Waals surface area contributed by atoms with Crippen LogP contribution in [-0.4, -0.2) is 43.3 Å². The number of esters is 1. The van der Waals surface area contributed by atoms with Gasteiger partial charge < -0.3 is 15.0 Å². The van der Waals surface area contributed by atoms with Crippen molar-refractivity contribution in [3.05, 3.63) is 64.7 Å². The predicted molar refractivity (Wildman–Crippen MR) is 116 cm³/mol. The highest BCUT2D eigenvalue weighted by atomic mass is 16.5. The molecule has 0 fully saturated rings. The second-order valence-corrected chi connectivity index (χ2v) is 8.01. The van der Waals surface area contributed by atoms with Gasteiger partial charge in [0.1, 0.15) is 6.04 Å². The van der Waals surface area contributed by atoms with Gasteiger partial charge >= 0.3 is 5.97 Å². The fourth-order valence-corrected chi connectivity index (χ4v) is 3.50. The quantitative estimate of drug-likeness (QED) is 0.547. The van der Waals surface area contributed by atoms with Crippen LogP contribution in [0.3, 0.4) is 0 Å². The van der Waals surface area contributed by atoms with Crippen LogP contribution in [0.1, 0.15) is 45.7 Å². The summed E-state index contributed by atoms with van der Waals surface area (Å²) in [6.45, 7) is 4.96. The standard InChI is InChI=1S/C24H26N2O5/c1-14(2)22(25-23(29)18-8-6-5-7-15(18)3)24(30)31-13-20(27)16-9-10-19-17(11-16)12-21(28)26(19)4/h5-11,14,22H,12-13H2,1-4H3,(H,25,29)/t22-/m0/s1. The van der Waals surface area contributed by atoms with Crippen LogP contribution in [0.15, 0.2) is 42.5 Å². The molecule has 0 spiro atoms. The highest BCUT2D eigenvalue weighted by Crippen LogP contribution is 2.28. The number of ketones is 1. The highest BCUT2D eigenvalue weighted by Gasteiger charge is 2.28. The summed E-state index contributed by atoms with van der Waals surface area (Å²) < 4.78 is 5.23. The second-order valence-electron chi connectivity index (χ2n) is 8.01. The van der Waals surface area contributed by atoms with Crippen molar-refractivity contribution >= 4 is 29.3 Å². The molecule has 1 heterocycles. The first-order valence-corrected chi connectivity index (χ1v) is 10.1. The van der Waals surface area contributed by atoms with Crippen LogP contribution in [0.25, 0.3) is 0 Å². The number of likely N-dealkylation sites (N-methyl/N-ethyl adjacent to an activating group) is 1. The number of hydrogen-bond donors (Lipinski definition) is 1. The molecule has 1 aliphatic rings. The molecular weight excluding hydrogens is 396 g/mol. The third-order valence-electron chi connectivity index (χ3n) is 5.42. The van der Waals surface area contributed by atoms with E-state index in [-0.39, 0.29) is 29.9 Å². The van der Waals surface area contributed by atoms with E-state index in [1.165, 1.54) is 0 Å². The van der Waals surface area contributed by atoms with Crippen molar-refractivity contribution in [2.45, 2.75) is 33.2 Å². The molecule has 162 valence electrons. The average Bonchev–Trinajstić information content (AvgIpc) is 3.02. The highest BCUT2D eigenvalue weighted by molar-refractivity contribution is 6.04. The topological polar surface area (TPSA) is 92.8 Å². The van der Waals surface area contributed by atoms with Crippen LogP contribution in [0, 0.1) is 12.8 Å². The Morgan fingerprint density at radius 1 is 1.13 bits per heavy atom. The van der Waals surface area contributed by atoms with Gasteiger partial charge in [-0.3, -0.25) is 14.4 Å². The number of amides is 2. The zero-order valence-electron chi connectivity index (χ0n) is 18.1. The SMILES string of the molecule is Cc1ccccc1C(=O)N[C@H](C(=O)OCC(=O)c1ccc2c(c1)CC(=O)N2C)C(C)C. The summed E-state index contributed by atoms with van der Waals surface area (Å²) in [6, 6.07) is 11.2. The van der Waals surface area contributed by atoms with Gasteiger partial charge in [-0.1, -0.05) is 32.0 Å². The van der Waals surface area contributed by atoms with E-state index in [9.17, 15) is 19.2 Å². The number of ether oxygens (including phenoxy) is 1. The summed E-state index contributed by atoms with van der Waals surface area (Å²) in [6.07, 6.45) is 0.243. The Bertz CT molecular complexity index is 1040. The van der Waals surface area contributed by atoms with Gasteiger partial charge in [0.15, 0.2) is 12.4 Å². The number of nitrogens with one attached hydrogen (secondary N) is 1. The predicted octanol–water partition coefficient (Wildman–Crippen LogP) is 2.69. The molecule has 3 rings (SSSR count). The molecule has 0 aliphatic carbocycles. The van der Waals surface area contributed by atoms with Crippen molar-refractivity contribution in [3.63, 3.8) is 0 Å².